The van der Waals surface area contributed by atoms with Gasteiger partial charge in [0.25, 0.3) is 0 Å². The lowest BCUT2D eigenvalue weighted by molar-refractivity contribution is 0.619. The van der Waals surface area contributed by atoms with Gasteiger partial charge in [-0.1, -0.05) is 12.1 Å². The van der Waals surface area contributed by atoms with Gasteiger partial charge >= 0.3 is 0 Å². The zero-order valence-electron chi connectivity index (χ0n) is 9.67. The summed E-state index contributed by atoms with van der Waals surface area (Å²) >= 11 is 3.31. The fraction of sp³-hybridized carbons (Fsp3) is 0.0714. The Hall–Kier alpha value is -1.86. The quantitative estimate of drug-likeness (QED) is 0.886. The number of aryl methyl sites for hydroxylation is 1. The van der Waals surface area contributed by atoms with Crippen molar-refractivity contribution in [2.75, 3.05) is 5.32 Å². The number of anilines is 2. The highest BCUT2D eigenvalue weighted by Crippen LogP contribution is 2.27. The summed E-state index contributed by atoms with van der Waals surface area (Å²) in [5.74, 6) is -0.270. The van der Waals surface area contributed by atoms with Gasteiger partial charge < -0.3 is 5.32 Å². The minimum atomic E-state index is -0.270. The molecule has 0 saturated carbocycles. The minimum absolute atomic E-state index is 0.270. The molecule has 0 radical (unpaired) electrons. The van der Waals surface area contributed by atoms with Crippen LogP contribution in [0.25, 0.3) is 0 Å². The highest BCUT2D eigenvalue weighted by molar-refractivity contribution is 9.10. The van der Waals surface area contributed by atoms with Gasteiger partial charge in [-0.15, -0.1) is 0 Å². The third kappa shape index (κ3) is 2.52. The molecule has 0 saturated heterocycles. The van der Waals surface area contributed by atoms with Crippen molar-refractivity contribution in [1.82, 2.24) is 0 Å². The van der Waals surface area contributed by atoms with Crippen LogP contribution in [0.4, 0.5) is 15.8 Å². The summed E-state index contributed by atoms with van der Waals surface area (Å²) < 4.78 is 14.1. The van der Waals surface area contributed by atoms with Gasteiger partial charge in [0.2, 0.25) is 0 Å². The number of nitriles is 1. The minimum Gasteiger partial charge on any atom is -0.354 e. The maximum Gasteiger partial charge on any atom is 0.128 e. The van der Waals surface area contributed by atoms with Crippen molar-refractivity contribution in [3.8, 4) is 6.07 Å². The first-order valence-electron chi connectivity index (χ1n) is 5.33. The average Bonchev–Trinajstić information content (AvgIpc) is 2.34. The Bertz CT molecular complexity index is 632. The van der Waals surface area contributed by atoms with Crippen LogP contribution < -0.4 is 5.32 Å². The van der Waals surface area contributed by atoms with E-state index >= 15 is 0 Å². The first-order chi connectivity index (χ1) is 8.61. The van der Waals surface area contributed by atoms with E-state index in [0.717, 1.165) is 0 Å². The molecule has 0 aromatic heterocycles. The Balaban J connectivity index is 2.37. The SMILES string of the molecule is Cc1ccc(Nc2cccc(Br)c2C#N)cc1F. The molecular formula is C14H10BrFN2. The molecule has 4 heteroatoms. The van der Waals surface area contributed by atoms with Gasteiger partial charge in [0.1, 0.15) is 11.9 Å². The van der Waals surface area contributed by atoms with Gasteiger partial charge in [-0.3, -0.25) is 0 Å². The lowest BCUT2D eigenvalue weighted by atomic mass is 10.1. The standard InChI is InChI=1S/C14H10BrFN2/c1-9-5-6-10(7-13(9)16)18-14-4-2-3-12(15)11(14)8-17/h2-7,18H,1H3. The predicted molar refractivity (Wildman–Crippen MR) is 73.3 cm³/mol. The first kappa shape index (κ1) is 12.6. The predicted octanol–water partition coefficient (Wildman–Crippen LogP) is 4.51. The van der Waals surface area contributed by atoms with Gasteiger partial charge in [-0.2, -0.15) is 5.26 Å². The van der Waals surface area contributed by atoms with Crippen molar-refractivity contribution in [3.05, 3.63) is 57.8 Å². The van der Waals surface area contributed by atoms with Crippen LogP contribution in [0.5, 0.6) is 0 Å². The summed E-state index contributed by atoms with van der Waals surface area (Å²) in [6.45, 7) is 1.71. The largest absolute Gasteiger partial charge is 0.354 e. The molecule has 0 unspecified atom stereocenters. The zero-order valence-corrected chi connectivity index (χ0v) is 11.3. The van der Waals surface area contributed by atoms with E-state index < -0.39 is 0 Å². The van der Waals surface area contributed by atoms with Crippen molar-refractivity contribution < 1.29 is 4.39 Å². The van der Waals surface area contributed by atoms with Crippen molar-refractivity contribution in [3.63, 3.8) is 0 Å². The number of rotatable bonds is 2. The van der Waals surface area contributed by atoms with E-state index in [0.29, 0.717) is 27.0 Å². The van der Waals surface area contributed by atoms with Gasteiger partial charge in [0.15, 0.2) is 0 Å². The monoisotopic (exact) mass is 304 g/mol. The third-order valence-corrected chi connectivity index (χ3v) is 3.24. The van der Waals surface area contributed by atoms with Crippen molar-refractivity contribution in [2.45, 2.75) is 6.92 Å². The number of hydrogen-bond donors (Lipinski definition) is 1. The number of halogens is 2. The molecule has 0 bridgehead atoms. The maximum absolute atomic E-state index is 13.4. The van der Waals surface area contributed by atoms with Crippen LogP contribution in [-0.4, -0.2) is 0 Å². The van der Waals surface area contributed by atoms with E-state index in [9.17, 15) is 4.39 Å². The fourth-order valence-electron chi connectivity index (χ4n) is 1.57. The summed E-state index contributed by atoms with van der Waals surface area (Å²) in [5.41, 5.74) is 2.36. The molecule has 0 atom stereocenters. The average molecular weight is 305 g/mol. The summed E-state index contributed by atoms with van der Waals surface area (Å²) in [6, 6.07) is 12.4. The smallest absolute Gasteiger partial charge is 0.128 e. The molecular weight excluding hydrogens is 295 g/mol. The Labute approximate surface area is 113 Å². The Morgan fingerprint density at radius 3 is 2.72 bits per heavy atom. The second kappa shape index (κ2) is 5.19. The van der Waals surface area contributed by atoms with E-state index in [1.54, 1.807) is 31.2 Å². The van der Waals surface area contributed by atoms with Crippen LogP contribution in [-0.2, 0) is 0 Å². The van der Waals surface area contributed by atoms with E-state index in [2.05, 4.69) is 27.3 Å². The fourth-order valence-corrected chi connectivity index (χ4v) is 2.02. The lowest BCUT2D eigenvalue weighted by Gasteiger charge is -2.10. The Morgan fingerprint density at radius 2 is 2.06 bits per heavy atom. The van der Waals surface area contributed by atoms with E-state index in [4.69, 9.17) is 5.26 Å². The molecule has 2 rings (SSSR count). The molecule has 0 fully saturated rings. The van der Waals surface area contributed by atoms with Crippen molar-refractivity contribution in [2.24, 2.45) is 0 Å². The van der Waals surface area contributed by atoms with Crippen molar-refractivity contribution in [1.29, 1.82) is 5.26 Å². The van der Waals surface area contributed by atoms with Crippen LogP contribution in [0.15, 0.2) is 40.9 Å². The highest BCUT2D eigenvalue weighted by atomic mass is 79.9. The normalized spacial score (nSPS) is 9.89. The Morgan fingerprint density at radius 1 is 1.28 bits per heavy atom. The number of nitrogens with one attached hydrogen (secondary N) is 1. The topological polar surface area (TPSA) is 35.8 Å². The van der Waals surface area contributed by atoms with Crippen LogP contribution in [0, 0.1) is 24.1 Å². The van der Waals surface area contributed by atoms with Gasteiger partial charge in [-0.05, 0) is 52.7 Å². The molecule has 0 aliphatic heterocycles. The van der Waals surface area contributed by atoms with Crippen LogP contribution >= 0.6 is 15.9 Å². The number of nitrogens with zero attached hydrogens (tertiary/aromatic N) is 1. The van der Waals surface area contributed by atoms with E-state index in [-0.39, 0.29) is 5.82 Å². The molecule has 0 spiro atoms. The molecule has 90 valence electrons. The van der Waals surface area contributed by atoms with Crippen LogP contribution in [0.3, 0.4) is 0 Å². The van der Waals surface area contributed by atoms with Crippen molar-refractivity contribution >= 4 is 27.3 Å². The zero-order chi connectivity index (χ0) is 13.1. The van der Waals surface area contributed by atoms with Crippen LogP contribution in [0.1, 0.15) is 11.1 Å². The second-order valence-corrected chi connectivity index (χ2v) is 4.72. The maximum atomic E-state index is 13.4. The van der Waals surface area contributed by atoms with Crippen LogP contribution in [0.2, 0.25) is 0 Å². The summed E-state index contributed by atoms with van der Waals surface area (Å²) in [6.07, 6.45) is 0. The summed E-state index contributed by atoms with van der Waals surface area (Å²) in [7, 11) is 0. The molecule has 2 nitrogen and oxygen atoms in total. The summed E-state index contributed by atoms with van der Waals surface area (Å²) in [4.78, 5) is 0. The molecule has 0 amide bonds. The Kier molecular flexibility index (Phi) is 3.63. The molecule has 0 aliphatic carbocycles. The third-order valence-electron chi connectivity index (χ3n) is 2.58. The van der Waals surface area contributed by atoms with E-state index in [1.165, 1.54) is 6.07 Å². The molecule has 18 heavy (non-hydrogen) atoms. The number of hydrogen-bond acceptors (Lipinski definition) is 2. The number of benzene rings is 2. The van der Waals surface area contributed by atoms with Gasteiger partial charge in [0.05, 0.1) is 11.3 Å². The second-order valence-electron chi connectivity index (χ2n) is 3.86. The lowest BCUT2D eigenvalue weighted by Crippen LogP contribution is -1.95. The molecule has 2 aromatic rings. The molecule has 0 aliphatic rings. The first-order valence-corrected chi connectivity index (χ1v) is 6.13. The van der Waals surface area contributed by atoms with E-state index in [1.807, 2.05) is 6.07 Å². The molecule has 2 aromatic carbocycles. The van der Waals surface area contributed by atoms with Gasteiger partial charge in [-0.25, -0.2) is 4.39 Å². The summed E-state index contributed by atoms with van der Waals surface area (Å²) in [5, 5.41) is 12.1. The molecule has 0 heterocycles. The highest BCUT2D eigenvalue weighted by Gasteiger charge is 2.07. The van der Waals surface area contributed by atoms with Gasteiger partial charge in [0, 0.05) is 10.2 Å². The molecule has 1 N–H and O–H groups in total.